The number of rotatable bonds is 4. The highest BCUT2D eigenvalue weighted by Gasteiger charge is 2.32. The van der Waals surface area contributed by atoms with Gasteiger partial charge in [0.1, 0.15) is 0 Å². The number of halogens is 3. The van der Waals surface area contributed by atoms with Crippen LogP contribution >= 0.6 is 0 Å². The van der Waals surface area contributed by atoms with Gasteiger partial charge in [0.15, 0.2) is 5.69 Å². The number of aromatic nitrogens is 2. The van der Waals surface area contributed by atoms with Crippen LogP contribution in [0.4, 0.5) is 13.2 Å². The van der Waals surface area contributed by atoms with Crippen molar-refractivity contribution in [2.75, 3.05) is 6.54 Å². The summed E-state index contributed by atoms with van der Waals surface area (Å²) < 4.78 is 36.8. The average Bonchev–Trinajstić information content (AvgIpc) is 2.25. The first-order valence-electron chi connectivity index (χ1n) is 5.43. The van der Waals surface area contributed by atoms with Crippen molar-refractivity contribution in [2.24, 2.45) is 5.92 Å². The second-order valence-corrected chi connectivity index (χ2v) is 4.35. The van der Waals surface area contributed by atoms with Gasteiger partial charge < -0.3 is 5.32 Å². The van der Waals surface area contributed by atoms with Gasteiger partial charge in [0, 0.05) is 6.04 Å². The van der Waals surface area contributed by atoms with E-state index in [1.165, 1.54) is 6.20 Å². The lowest BCUT2D eigenvalue weighted by atomic mass is 10.2. The van der Waals surface area contributed by atoms with Crippen LogP contribution in [-0.4, -0.2) is 16.5 Å². The molecule has 0 aliphatic carbocycles. The van der Waals surface area contributed by atoms with Crippen molar-refractivity contribution < 1.29 is 13.2 Å². The van der Waals surface area contributed by atoms with Crippen molar-refractivity contribution in [1.82, 2.24) is 15.3 Å². The van der Waals surface area contributed by atoms with Gasteiger partial charge in [0.05, 0.1) is 18.1 Å². The molecule has 0 aliphatic rings. The quantitative estimate of drug-likeness (QED) is 0.889. The smallest absolute Gasteiger partial charge is 0.309 e. The highest BCUT2D eigenvalue weighted by molar-refractivity contribution is 5.08. The monoisotopic (exact) mass is 247 g/mol. The Morgan fingerprint density at radius 3 is 2.24 bits per heavy atom. The zero-order valence-electron chi connectivity index (χ0n) is 10.0. The van der Waals surface area contributed by atoms with Crippen molar-refractivity contribution in [1.29, 1.82) is 0 Å². The van der Waals surface area contributed by atoms with Crippen molar-refractivity contribution in [2.45, 2.75) is 33.0 Å². The first kappa shape index (κ1) is 13.9. The van der Waals surface area contributed by atoms with Crippen molar-refractivity contribution in [3.63, 3.8) is 0 Å². The summed E-state index contributed by atoms with van der Waals surface area (Å²) >= 11 is 0. The van der Waals surface area contributed by atoms with E-state index in [4.69, 9.17) is 0 Å². The SMILES string of the molecule is CC(C)CNC(C)c1cnc(C(F)(F)F)cn1. The Balaban J connectivity index is 2.67. The van der Waals surface area contributed by atoms with E-state index in [0.29, 0.717) is 11.6 Å². The van der Waals surface area contributed by atoms with Gasteiger partial charge in [-0.3, -0.25) is 4.98 Å². The van der Waals surface area contributed by atoms with E-state index in [0.717, 1.165) is 12.7 Å². The average molecular weight is 247 g/mol. The van der Waals surface area contributed by atoms with E-state index < -0.39 is 11.9 Å². The summed E-state index contributed by atoms with van der Waals surface area (Å²) in [4.78, 5) is 7.15. The molecule has 0 bridgehead atoms. The number of alkyl halides is 3. The fourth-order valence-electron chi connectivity index (χ4n) is 1.23. The maximum atomic E-state index is 12.3. The molecular weight excluding hydrogens is 231 g/mol. The molecule has 0 spiro atoms. The molecule has 0 radical (unpaired) electrons. The van der Waals surface area contributed by atoms with Crippen LogP contribution in [0.5, 0.6) is 0 Å². The lowest BCUT2D eigenvalue weighted by molar-refractivity contribution is -0.141. The minimum Gasteiger partial charge on any atom is -0.309 e. The van der Waals surface area contributed by atoms with Gasteiger partial charge in [-0.05, 0) is 19.4 Å². The Hall–Kier alpha value is -1.17. The van der Waals surface area contributed by atoms with Gasteiger partial charge in [-0.1, -0.05) is 13.8 Å². The van der Waals surface area contributed by atoms with Crippen molar-refractivity contribution in [3.05, 3.63) is 23.8 Å². The molecule has 1 aromatic heterocycles. The second-order valence-electron chi connectivity index (χ2n) is 4.35. The predicted octanol–water partition coefficient (Wildman–Crippen LogP) is 2.80. The standard InChI is InChI=1S/C11H16F3N3/c1-7(2)4-15-8(3)9-5-17-10(6-16-9)11(12,13)14/h5-8,15H,4H2,1-3H3. The summed E-state index contributed by atoms with van der Waals surface area (Å²) in [5.41, 5.74) is -0.448. The van der Waals surface area contributed by atoms with Gasteiger partial charge >= 0.3 is 6.18 Å². The maximum Gasteiger partial charge on any atom is 0.434 e. The first-order valence-corrected chi connectivity index (χ1v) is 5.43. The summed E-state index contributed by atoms with van der Waals surface area (Å²) in [6.07, 6.45) is -2.50. The molecule has 1 aromatic rings. The molecule has 1 rings (SSSR count). The molecule has 17 heavy (non-hydrogen) atoms. The van der Waals surface area contributed by atoms with Crippen molar-refractivity contribution in [3.8, 4) is 0 Å². The fraction of sp³-hybridized carbons (Fsp3) is 0.636. The molecular formula is C11H16F3N3. The third-order valence-corrected chi connectivity index (χ3v) is 2.24. The minimum absolute atomic E-state index is 0.104. The topological polar surface area (TPSA) is 37.8 Å². The molecule has 1 unspecified atom stereocenters. The van der Waals surface area contributed by atoms with Crippen LogP contribution < -0.4 is 5.32 Å². The molecule has 1 heterocycles. The van der Waals surface area contributed by atoms with E-state index in [1.807, 2.05) is 6.92 Å². The van der Waals surface area contributed by atoms with Crippen LogP contribution in [0.15, 0.2) is 12.4 Å². The zero-order chi connectivity index (χ0) is 13.1. The third kappa shape index (κ3) is 4.30. The van der Waals surface area contributed by atoms with Crippen LogP contribution in [0, 0.1) is 5.92 Å². The Morgan fingerprint density at radius 2 is 1.82 bits per heavy atom. The van der Waals surface area contributed by atoms with E-state index >= 15 is 0 Å². The van der Waals surface area contributed by atoms with Crippen LogP contribution in [0.25, 0.3) is 0 Å². The second kappa shape index (κ2) is 5.44. The van der Waals surface area contributed by atoms with Crippen LogP contribution in [0.3, 0.4) is 0 Å². The number of hydrogen-bond donors (Lipinski definition) is 1. The number of nitrogens with zero attached hydrogens (tertiary/aromatic N) is 2. The Morgan fingerprint density at radius 1 is 1.18 bits per heavy atom. The van der Waals surface area contributed by atoms with Crippen LogP contribution in [-0.2, 0) is 6.18 Å². The first-order chi connectivity index (χ1) is 7.80. The Labute approximate surface area is 98.5 Å². The molecule has 3 nitrogen and oxygen atoms in total. The molecule has 1 atom stereocenters. The molecule has 0 aromatic carbocycles. The molecule has 0 saturated carbocycles. The van der Waals surface area contributed by atoms with Crippen molar-refractivity contribution >= 4 is 0 Å². The highest BCUT2D eigenvalue weighted by Crippen LogP contribution is 2.26. The molecule has 0 saturated heterocycles. The molecule has 6 heteroatoms. The van der Waals surface area contributed by atoms with Gasteiger partial charge in [-0.25, -0.2) is 4.98 Å². The molecule has 0 fully saturated rings. The summed E-state index contributed by atoms with van der Waals surface area (Å²) in [5.74, 6) is 0.472. The summed E-state index contributed by atoms with van der Waals surface area (Å²) in [6, 6.07) is -0.104. The highest BCUT2D eigenvalue weighted by atomic mass is 19.4. The molecule has 0 amide bonds. The van der Waals surface area contributed by atoms with Crippen LogP contribution in [0.2, 0.25) is 0 Å². The van der Waals surface area contributed by atoms with Gasteiger partial charge in [-0.15, -0.1) is 0 Å². The summed E-state index contributed by atoms with van der Waals surface area (Å²) in [5, 5.41) is 3.17. The largest absolute Gasteiger partial charge is 0.434 e. The number of nitrogens with one attached hydrogen (secondary N) is 1. The van der Waals surface area contributed by atoms with E-state index in [2.05, 4.69) is 29.1 Å². The Bertz CT molecular complexity index is 346. The predicted molar refractivity (Wildman–Crippen MR) is 58.3 cm³/mol. The maximum absolute atomic E-state index is 12.3. The molecule has 1 N–H and O–H groups in total. The Kier molecular flexibility index (Phi) is 4.45. The van der Waals surface area contributed by atoms with Gasteiger partial charge in [0.2, 0.25) is 0 Å². The fourth-order valence-corrected chi connectivity index (χ4v) is 1.23. The van der Waals surface area contributed by atoms with Gasteiger partial charge in [0.25, 0.3) is 0 Å². The lowest BCUT2D eigenvalue weighted by Crippen LogP contribution is -2.24. The van der Waals surface area contributed by atoms with E-state index in [1.54, 1.807) is 0 Å². The minimum atomic E-state index is -4.43. The van der Waals surface area contributed by atoms with Gasteiger partial charge in [-0.2, -0.15) is 13.2 Å². The van der Waals surface area contributed by atoms with E-state index in [9.17, 15) is 13.2 Å². The summed E-state index contributed by atoms with van der Waals surface area (Å²) in [6.45, 7) is 6.74. The normalized spacial score (nSPS) is 14.1. The zero-order valence-corrected chi connectivity index (χ0v) is 10.0. The third-order valence-electron chi connectivity index (χ3n) is 2.24. The number of hydrogen-bond acceptors (Lipinski definition) is 3. The van der Waals surface area contributed by atoms with E-state index in [-0.39, 0.29) is 6.04 Å². The summed E-state index contributed by atoms with van der Waals surface area (Å²) in [7, 11) is 0. The molecule has 96 valence electrons. The lowest BCUT2D eigenvalue weighted by Gasteiger charge is -2.15. The molecule has 0 aliphatic heterocycles. The van der Waals surface area contributed by atoms with Crippen LogP contribution in [0.1, 0.15) is 38.2 Å².